The van der Waals surface area contributed by atoms with Crippen LogP contribution in [-0.2, 0) is 28.5 Å². The largest absolute Gasteiger partial charge is 0.471 e. The minimum absolute atomic E-state index is 0.0288. The lowest BCUT2D eigenvalue weighted by atomic mass is 9.82. The Morgan fingerprint density at radius 2 is 1.81 bits per heavy atom. The number of hydrogen-bond donors (Lipinski definition) is 5. The Balaban J connectivity index is 1.86. The SMILES string of the molecule is COC(=O)C1=CO[C@@H](O[C@@H]2O[C@H](CO)[C@@H](O)[C@H](O)[C@H]2O)C2C(COC(=O)SC)=C[C@H](O)C12. The van der Waals surface area contributed by atoms with E-state index in [4.69, 9.17) is 23.7 Å². The summed E-state index contributed by atoms with van der Waals surface area (Å²) in [5.41, 5.74) is 0.426. The summed E-state index contributed by atoms with van der Waals surface area (Å²) in [7, 11) is 1.17. The first-order valence-corrected chi connectivity index (χ1v) is 10.9. The zero-order valence-corrected chi connectivity index (χ0v) is 18.1. The molecule has 32 heavy (non-hydrogen) atoms. The van der Waals surface area contributed by atoms with Crippen LogP contribution in [0.3, 0.4) is 0 Å². The molecule has 0 aromatic carbocycles. The Morgan fingerprint density at radius 1 is 1.09 bits per heavy atom. The first-order chi connectivity index (χ1) is 15.2. The highest BCUT2D eigenvalue weighted by molar-refractivity contribution is 8.12. The number of methoxy groups -OCH3 is 1. The van der Waals surface area contributed by atoms with Crippen molar-refractivity contribution >= 4 is 23.0 Å². The highest BCUT2D eigenvalue weighted by atomic mass is 32.2. The van der Waals surface area contributed by atoms with Crippen LogP contribution < -0.4 is 0 Å². The van der Waals surface area contributed by atoms with Crippen molar-refractivity contribution in [1.82, 2.24) is 0 Å². The normalized spacial score (nSPS) is 38.8. The van der Waals surface area contributed by atoms with Crippen LogP contribution in [0.5, 0.6) is 0 Å². The van der Waals surface area contributed by atoms with Crippen LogP contribution in [0.25, 0.3) is 0 Å². The molecule has 0 saturated carbocycles. The molecule has 0 aromatic heterocycles. The summed E-state index contributed by atoms with van der Waals surface area (Å²) in [5, 5.41) is 49.6. The average molecular weight is 478 g/mol. The van der Waals surface area contributed by atoms with E-state index >= 15 is 0 Å². The van der Waals surface area contributed by atoms with Crippen LogP contribution >= 0.6 is 11.8 Å². The smallest absolute Gasteiger partial charge is 0.367 e. The van der Waals surface area contributed by atoms with Gasteiger partial charge in [0.2, 0.25) is 6.29 Å². The van der Waals surface area contributed by atoms with Gasteiger partial charge in [-0.05, 0) is 23.6 Å². The molecule has 1 saturated heterocycles. The van der Waals surface area contributed by atoms with Gasteiger partial charge in [0, 0.05) is 5.92 Å². The van der Waals surface area contributed by atoms with E-state index in [0.717, 1.165) is 18.0 Å². The fraction of sp³-hybridized carbons (Fsp3) is 0.684. The van der Waals surface area contributed by atoms with E-state index in [0.29, 0.717) is 5.57 Å². The fourth-order valence-corrected chi connectivity index (χ4v) is 4.16. The zero-order chi connectivity index (χ0) is 23.6. The number of fused-ring (bicyclic) bond motifs is 1. The van der Waals surface area contributed by atoms with Crippen molar-refractivity contribution in [3.8, 4) is 0 Å². The van der Waals surface area contributed by atoms with Crippen molar-refractivity contribution in [3.05, 3.63) is 23.5 Å². The minimum atomic E-state index is -1.69. The molecule has 1 fully saturated rings. The molecule has 180 valence electrons. The van der Waals surface area contributed by atoms with Crippen LogP contribution in [-0.4, -0.2) is 106 Å². The van der Waals surface area contributed by atoms with Gasteiger partial charge in [0.15, 0.2) is 6.29 Å². The monoisotopic (exact) mass is 478 g/mol. The predicted molar refractivity (Wildman–Crippen MR) is 106 cm³/mol. The topological polar surface area (TPSA) is 181 Å². The van der Waals surface area contributed by atoms with Gasteiger partial charge in [-0.2, -0.15) is 0 Å². The van der Waals surface area contributed by atoms with Crippen LogP contribution in [0, 0.1) is 11.8 Å². The summed E-state index contributed by atoms with van der Waals surface area (Å²) in [4.78, 5) is 23.8. The lowest BCUT2D eigenvalue weighted by Crippen LogP contribution is -2.60. The molecule has 2 unspecified atom stereocenters. The predicted octanol–water partition coefficient (Wildman–Crippen LogP) is -1.75. The molecule has 0 aromatic rings. The maximum atomic E-state index is 12.2. The van der Waals surface area contributed by atoms with Gasteiger partial charge in [-0.3, -0.25) is 0 Å². The second-order valence-corrected chi connectivity index (χ2v) is 8.17. The summed E-state index contributed by atoms with van der Waals surface area (Å²) < 4.78 is 26.5. The Bertz CT molecular complexity index is 767. The van der Waals surface area contributed by atoms with E-state index in [1.54, 1.807) is 0 Å². The molecule has 0 spiro atoms. The number of esters is 1. The Morgan fingerprint density at radius 3 is 2.44 bits per heavy atom. The van der Waals surface area contributed by atoms with Gasteiger partial charge in [-0.25, -0.2) is 9.59 Å². The summed E-state index contributed by atoms with van der Waals surface area (Å²) in [6.07, 6.45) is -6.03. The van der Waals surface area contributed by atoms with E-state index in [2.05, 4.69) is 0 Å². The number of thioether (sulfide) groups is 1. The second-order valence-electron chi connectivity index (χ2n) is 7.43. The molecule has 0 radical (unpaired) electrons. The quantitative estimate of drug-likeness (QED) is 0.214. The maximum absolute atomic E-state index is 12.2. The third-order valence-electron chi connectivity index (χ3n) is 5.61. The third kappa shape index (κ3) is 4.79. The molecule has 13 heteroatoms. The number of carbonyl (C=O) groups is 2. The molecular formula is C19H26O12S. The molecule has 1 aliphatic carbocycles. The number of hydrogen-bond acceptors (Lipinski definition) is 13. The molecule has 2 aliphatic heterocycles. The van der Waals surface area contributed by atoms with Crippen LogP contribution in [0.1, 0.15) is 0 Å². The average Bonchev–Trinajstić information content (AvgIpc) is 3.14. The Hall–Kier alpha value is -1.71. The van der Waals surface area contributed by atoms with Gasteiger partial charge in [-0.1, -0.05) is 6.08 Å². The molecule has 0 amide bonds. The van der Waals surface area contributed by atoms with Crippen molar-refractivity contribution in [3.63, 3.8) is 0 Å². The van der Waals surface area contributed by atoms with Gasteiger partial charge in [0.1, 0.15) is 31.0 Å². The maximum Gasteiger partial charge on any atom is 0.367 e. The highest BCUT2D eigenvalue weighted by Gasteiger charge is 2.52. The van der Waals surface area contributed by atoms with Gasteiger partial charge in [0.25, 0.3) is 0 Å². The van der Waals surface area contributed by atoms with E-state index in [1.807, 2.05) is 0 Å². The number of rotatable bonds is 6. The summed E-state index contributed by atoms with van der Waals surface area (Å²) in [6.45, 7) is -0.868. The summed E-state index contributed by atoms with van der Waals surface area (Å²) in [5.74, 6) is -2.44. The summed E-state index contributed by atoms with van der Waals surface area (Å²) in [6, 6.07) is 0. The van der Waals surface area contributed by atoms with E-state index < -0.39 is 72.8 Å². The number of aliphatic hydroxyl groups excluding tert-OH is 5. The van der Waals surface area contributed by atoms with Crippen LogP contribution in [0.4, 0.5) is 4.79 Å². The molecule has 5 N–H and O–H groups in total. The number of carbonyl (C=O) groups excluding carboxylic acids is 2. The molecule has 12 nitrogen and oxygen atoms in total. The number of aliphatic hydroxyl groups is 5. The first-order valence-electron chi connectivity index (χ1n) is 9.72. The van der Waals surface area contributed by atoms with Crippen LogP contribution in [0.2, 0.25) is 0 Å². The molecule has 9 atom stereocenters. The van der Waals surface area contributed by atoms with Gasteiger partial charge in [0.05, 0.1) is 37.6 Å². The van der Waals surface area contributed by atoms with E-state index in [1.165, 1.54) is 19.4 Å². The molecule has 3 rings (SSSR count). The molecule has 2 heterocycles. The molecule has 0 bridgehead atoms. The van der Waals surface area contributed by atoms with Crippen molar-refractivity contribution < 1.29 is 58.8 Å². The van der Waals surface area contributed by atoms with Crippen molar-refractivity contribution in [2.45, 2.75) is 43.1 Å². The fourth-order valence-electron chi connectivity index (χ4n) is 3.98. The standard InChI is InChI=1S/C19H26O12S/c1-27-16(25)8-6-28-17(31-18-15(24)14(23)13(22)10(4-20)30-18)11-7(3-9(21)12(8)11)5-29-19(26)32-2/h3,6,9-15,17-18,20-24H,4-5H2,1-2H3/t9-,10+,11?,12?,13+,14-,15+,17-,18-/m0/s1. The molecule has 3 aliphatic rings. The van der Waals surface area contributed by atoms with Gasteiger partial charge < -0.3 is 49.2 Å². The Labute approximate surface area is 187 Å². The van der Waals surface area contributed by atoms with Crippen LogP contribution in [0.15, 0.2) is 23.5 Å². The van der Waals surface area contributed by atoms with E-state index in [9.17, 15) is 35.1 Å². The zero-order valence-electron chi connectivity index (χ0n) is 17.3. The first kappa shape index (κ1) is 24.9. The van der Waals surface area contributed by atoms with Crippen molar-refractivity contribution in [1.29, 1.82) is 0 Å². The second kappa shape index (κ2) is 10.5. The molecular weight excluding hydrogens is 452 g/mol. The van der Waals surface area contributed by atoms with Gasteiger partial charge in [-0.15, -0.1) is 0 Å². The van der Waals surface area contributed by atoms with Crippen molar-refractivity contribution in [2.24, 2.45) is 11.8 Å². The van der Waals surface area contributed by atoms with Crippen molar-refractivity contribution in [2.75, 3.05) is 26.6 Å². The lowest BCUT2D eigenvalue weighted by Gasteiger charge is -2.43. The van der Waals surface area contributed by atoms with E-state index in [-0.39, 0.29) is 12.2 Å². The Kier molecular flexibility index (Phi) is 8.16. The third-order valence-corrected chi connectivity index (χ3v) is 6.06. The van der Waals surface area contributed by atoms with Gasteiger partial charge >= 0.3 is 11.3 Å². The summed E-state index contributed by atoms with van der Waals surface area (Å²) >= 11 is 0.853. The number of ether oxygens (including phenoxy) is 5. The minimum Gasteiger partial charge on any atom is -0.471 e. The lowest BCUT2D eigenvalue weighted by molar-refractivity contribution is -0.340. The highest BCUT2D eigenvalue weighted by Crippen LogP contribution is 2.45.